The molecule has 0 spiro atoms. The summed E-state index contributed by atoms with van der Waals surface area (Å²) in [7, 11) is -2.19. The normalized spacial score (nSPS) is 12.8. The fourth-order valence-electron chi connectivity index (χ4n) is 3.72. The molecule has 0 saturated carbocycles. The van der Waals surface area contributed by atoms with Gasteiger partial charge in [0, 0.05) is 24.4 Å². The molecule has 0 fully saturated rings. The average Bonchev–Trinajstić information content (AvgIpc) is 3.16. The fourth-order valence-corrected chi connectivity index (χ4v) is 4.38. The monoisotopic (exact) mass is 453 g/mol. The van der Waals surface area contributed by atoms with Crippen molar-refractivity contribution in [3.05, 3.63) is 75.7 Å². The van der Waals surface area contributed by atoms with Crippen LogP contribution in [0.2, 0.25) is 0 Å². The summed E-state index contributed by atoms with van der Waals surface area (Å²) in [4.78, 5) is 13.1. The van der Waals surface area contributed by atoms with Gasteiger partial charge in [0.1, 0.15) is 28.1 Å². The van der Waals surface area contributed by atoms with Crippen LogP contribution >= 0.6 is 0 Å². The first-order valence-electron chi connectivity index (χ1n) is 9.91. The summed E-state index contributed by atoms with van der Waals surface area (Å²) in [6.07, 6.45) is 2.77. The molecule has 0 aliphatic carbocycles. The van der Waals surface area contributed by atoms with Gasteiger partial charge in [0.05, 0.1) is 17.1 Å². The van der Waals surface area contributed by atoms with Crippen molar-refractivity contribution in [3.8, 4) is 17.1 Å². The van der Waals surface area contributed by atoms with Gasteiger partial charge in [-0.15, -0.1) is 0 Å². The summed E-state index contributed by atoms with van der Waals surface area (Å²) in [5.41, 5.74) is 2.87. The zero-order valence-corrected chi connectivity index (χ0v) is 18.9. The fraction of sp³-hybridized carbons (Fsp3) is 0.217. The van der Waals surface area contributed by atoms with Gasteiger partial charge in [-0.25, -0.2) is 13.6 Å². The highest BCUT2D eigenvalue weighted by Crippen LogP contribution is 2.34. The zero-order chi connectivity index (χ0) is 23.2. The van der Waals surface area contributed by atoms with Crippen molar-refractivity contribution in [1.29, 1.82) is 0 Å². The minimum atomic E-state index is -3.97. The van der Waals surface area contributed by atoms with Gasteiger partial charge in [0.2, 0.25) is 10.0 Å². The molecule has 0 aliphatic rings. The number of nitrogens with zero attached hydrogens (tertiary/aromatic N) is 2. The van der Waals surface area contributed by atoms with E-state index in [-0.39, 0.29) is 16.1 Å². The van der Waals surface area contributed by atoms with Crippen molar-refractivity contribution in [3.63, 3.8) is 0 Å². The molecule has 9 heteroatoms. The number of sulfonamides is 1. The SMILES string of the molecule is Cc1cc([C@@H](C)Oc2ccccc2S(N)(=O)=O)c2oc(-c3cnn(C)c3)c(C)c(=O)c2c1. The van der Waals surface area contributed by atoms with E-state index in [2.05, 4.69) is 5.10 Å². The van der Waals surface area contributed by atoms with Crippen molar-refractivity contribution in [2.75, 3.05) is 0 Å². The lowest BCUT2D eigenvalue weighted by atomic mass is 10.0. The molecule has 2 heterocycles. The van der Waals surface area contributed by atoms with E-state index in [1.807, 2.05) is 13.0 Å². The first-order valence-corrected chi connectivity index (χ1v) is 11.5. The van der Waals surface area contributed by atoms with Gasteiger partial charge in [-0.2, -0.15) is 5.10 Å². The predicted molar refractivity (Wildman–Crippen MR) is 121 cm³/mol. The van der Waals surface area contributed by atoms with E-state index in [0.29, 0.717) is 33.4 Å². The van der Waals surface area contributed by atoms with Crippen molar-refractivity contribution in [2.45, 2.75) is 31.8 Å². The van der Waals surface area contributed by atoms with Crippen molar-refractivity contribution >= 4 is 21.0 Å². The number of para-hydroxylation sites is 1. The van der Waals surface area contributed by atoms with Gasteiger partial charge in [0.25, 0.3) is 0 Å². The number of fused-ring (bicyclic) bond motifs is 1. The molecular weight excluding hydrogens is 430 g/mol. The van der Waals surface area contributed by atoms with E-state index in [4.69, 9.17) is 14.3 Å². The molecule has 0 bridgehead atoms. The highest BCUT2D eigenvalue weighted by molar-refractivity contribution is 7.89. The Morgan fingerprint density at radius 1 is 1.19 bits per heavy atom. The molecule has 0 amide bonds. The summed E-state index contributed by atoms with van der Waals surface area (Å²) in [6.45, 7) is 5.35. The number of hydrogen-bond donors (Lipinski definition) is 1. The molecular formula is C23H23N3O5S. The van der Waals surface area contributed by atoms with Crippen LogP contribution in [0.25, 0.3) is 22.3 Å². The second-order valence-electron chi connectivity index (χ2n) is 7.77. The molecule has 2 aromatic carbocycles. The van der Waals surface area contributed by atoms with Crippen LogP contribution in [0, 0.1) is 13.8 Å². The Bertz CT molecular complexity index is 1500. The van der Waals surface area contributed by atoms with Crippen LogP contribution in [0.1, 0.15) is 29.7 Å². The quantitative estimate of drug-likeness (QED) is 0.493. The molecule has 2 N–H and O–H groups in total. The second-order valence-corrected chi connectivity index (χ2v) is 9.30. The number of nitrogens with two attached hydrogens (primary N) is 1. The van der Waals surface area contributed by atoms with Crippen LogP contribution < -0.4 is 15.3 Å². The Morgan fingerprint density at radius 3 is 2.56 bits per heavy atom. The largest absolute Gasteiger partial charge is 0.484 e. The molecule has 2 aromatic heterocycles. The van der Waals surface area contributed by atoms with Gasteiger partial charge in [0.15, 0.2) is 5.43 Å². The van der Waals surface area contributed by atoms with Crippen molar-refractivity contribution < 1.29 is 17.6 Å². The van der Waals surface area contributed by atoms with E-state index < -0.39 is 16.1 Å². The van der Waals surface area contributed by atoms with E-state index in [9.17, 15) is 13.2 Å². The number of aryl methyl sites for hydroxylation is 2. The van der Waals surface area contributed by atoms with E-state index in [1.165, 1.54) is 12.1 Å². The Labute approximate surface area is 185 Å². The van der Waals surface area contributed by atoms with Crippen LogP contribution in [0.15, 0.2) is 62.9 Å². The maximum Gasteiger partial charge on any atom is 0.241 e. The Balaban J connectivity index is 1.90. The Morgan fingerprint density at radius 2 is 1.91 bits per heavy atom. The lowest BCUT2D eigenvalue weighted by Gasteiger charge is -2.19. The third kappa shape index (κ3) is 3.92. The first-order chi connectivity index (χ1) is 15.1. The number of hydrogen-bond acceptors (Lipinski definition) is 6. The number of primary sulfonamides is 1. The first kappa shape index (κ1) is 21.8. The Kier molecular flexibility index (Phi) is 5.39. The van der Waals surface area contributed by atoms with Crippen LogP contribution in [0.5, 0.6) is 5.75 Å². The molecule has 4 aromatic rings. The lowest BCUT2D eigenvalue weighted by molar-refractivity contribution is 0.220. The van der Waals surface area contributed by atoms with Gasteiger partial charge < -0.3 is 9.15 Å². The van der Waals surface area contributed by atoms with Gasteiger partial charge in [-0.3, -0.25) is 9.48 Å². The van der Waals surface area contributed by atoms with E-state index in [1.54, 1.807) is 56.2 Å². The molecule has 0 saturated heterocycles. The molecule has 166 valence electrons. The van der Waals surface area contributed by atoms with Gasteiger partial charge in [-0.1, -0.05) is 12.1 Å². The number of rotatable bonds is 5. The highest BCUT2D eigenvalue weighted by atomic mass is 32.2. The molecule has 32 heavy (non-hydrogen) atoms. The van der Waals surface area contributed by atoms with Crippen LogP contribution in [0.4, 0.5) is 0 Å². The second kappa shape index (κ2) is 7.92. The summed E-state index contributed by atoms with van der Waals surface area (Å²) in [6, 6.07) is 9.79. The minimum absolute atomic E-state index is 0.114. The zero-order valence-electron chi connectivity index (χ0n) is 18.1. The number of ether oxygens (including phenoxy) is 1. The summed E-state index contributed by atoms with van der Waals surface area (Å²) >= 11 is 0. The van der Waals surface area contributed by atoms with Gasteiger partial charge >= 0.3 is 0 Å². The molecule has 0 aliphatic heterocycles. The van der Waals surface area contributed by atoms with Crippen LogP contribution in [-0.4, -0.2) is 18.2 Å². The van der Waals surface area contributed by atoms with Crippen LogP contribution in [0.3, 0.4) is 0 Å². The molecule has 1 atom stereocenters. The van der Waals surface area contributed by atoms with E-state index >= 15 is 0 Å². The molecule has 0 radical (unpaired) electrons. The maximum atomic E-state index is 13.2. The average molecular weight is 454 g/mol. The molecule has 0 unspecified atom stereocenters. The summed E-state index contributed by atoms with van der Waals surface area (Å²) in [5, 5.41) is 9.93. The molecule has 4 rings (SSSR count). The highest BCUT2D eigenvalue weighted by Gasteiger charge is 2.22. The Hall–Kier alpha value is -3.43. The number of aromatic nitrogens is 2. The third-order valence-electron chi connectivity index (χ3n) is 5.26. The molecule has 8 nitrogen and oxygen atoms in total. The van der Waals surface area contributed by atoms with E-state index in [0.717, 1.165) is 5.56 Å². The predicted octanol–water partition coefficient (Wildman–Crippen LogP) is 3.60. The maximum absolute atomic E-state index is 13.2. The minimum Gasteiger partial charge on any atom is -0.484 e. The third-order valence-corrected chi connectivity index (χ3v) is 6.21. The van der Waals surface area contributed by atoms with Crippen molar-refractivity contribution in [2.24, 2.45) is 12.2 Å². The van der Waals surface area contributed by atoms with Crippen LogP contribution in [-0.2, 0) is 17.1 Å². The summed E-state index contributed by atoms with van der Waals surface area (Å²) in [5.74, 6) is 0.553. The van der Waals surface area contributed by atoms with Crippen molar-refractivity contribution in [1.82, 2.24) is 9.78 Å². The lowest BCUT2D eigenvalue weighted by Crippen LogP contribution is -2.15. The smallest absolute Gasteiger partial charge is 0.241 e. The standard InChI is InChI=1S/C23H23N3O5S/c1-13-9-17(15(3)30-19-7-5-6-8-20(19)32(24,28)29)23-18(10-13)21(27)14(2)22(31-23)16-11-25-26(4)12-16/h5-12,15H,1-4H3,(H2,24,28,29)/t15-/m1/s1. The van der Waals surface area contributed by atoms with Gasteiger partial charge in [-0.05, 0) is 50.6 Å². The summed E-state index contributed by atoms with van der Waals surface area (Å²) < 4.78 is 37.8. The number of benzene rings is 2. The topological polar surface area (TPSA) is 117 Å².